The lowest BCUT2D eigenvalue weighted by Crippen LogP contribution is -2.21. The third-order valence-electron chi connectivity index (χ3n) is 2.54. The van der Waals surface area contributed by atoms with E-state index in [1.807, 2.05) is 0 Å². The number of ether oxygens (including phenoxy) is 2. The van der Waals surface area contributed by atoms with Gasteiger partial charge in [0.25, 0.3) is 0 Å². The summed E-state index contributed by atoms with van der Waals surface area (Å²) in [6.07, 6.45) is 3.10. The van der Waals surface area contributed by atoms with E-state index in [1.165, 1.54) is 0 Å². The predicted molar refractivity (Wildman–Crippen MR) is 54.4 cm³/mol. The third-order valence-corrected chi connectivity index (χ3v) is 2.54. The zero-order valence-corrected chi connectivity index (χ0v) is 9.16. The minimum Gasteiger partial charge on any atom is -0.464 e. The number of rotatable bonds is 5. The number of ketones is 1. The van der Waals surface area contributed by atoms with Crippen molar-refractivity contribution >= 4 is 11.8 Å². The van der Waals surface area contributed by atoms with E-state index in [4.69, 9.17) is 9.47 Å². The van der Waals surface area contributed by atoms with Gasteiger partial charge in [-0.25, -0.2) is 4.79 Å². The molecule has 0 N–H and O–H groups in total. The highest BCUT2D eigenvalue weighted by atomic mass is 16.6. The molecule has 1 rings (SSSR count). The van der Waals surface area contributed by atoms with Gasteiger partial charge in [-0.15, -0.1) is 0 Å². The monoisotopic (exact) mass is 214 g/mol. The SMILES string of the molecule is CCOC(=O)COCC1CCC(=O)CC1. The number of carbonyl (C=O) groups is 2. The quantitative estimate of drug-likeness (QED) is 0.648. The smallest absolute Gasteiger partial charge is 0.332 e. The summed E-state index contributed by atoms with van der Waals surface area (Å²) in [5, 5.41) is 0. The molecule has 0 aromatic rings. The van der Waals surface area contributed by atoms with Gasteiger partial charge >= 0.3 is 5.97 Å². The molecule has 1 aliphatic rings. The molecule has 1 fully saturated rings. The summed E-state index contributed by atoms with van der Waals surface area (Å²) < 4.78 is 9.97. The average Bonchev–Trinajstić information content (AvgIpc) is 2.21. The van der Waals surface area contributed by atoms with Crippen molar-refractivity contribution in [3.05, 3.63) is 0 Å². The molecule has 0 amide bonds. The molecule has 15 heavy (non-hydrogen) atoms. The van der Waals surface area contributed by atoms with Gasteiger partial charge < -0.3 is 9.47 Å². The normalized spacial score (nSPS) is 17.8. The van der Waals surface area contributed by atoms with E-state index < -0.39 is 0 Å². The maximum atomic E-state index is 11.0. The standard InChI is InChI=1S/C11H18O4/c1-2-15-11(13)8-14-7-9-3-5-10(12)6-4-9/h9H,2-8H2,1H3. The second kappa shape index (κ2) is 6.56. The largest absolute Gasteiger partial charge is 0.464 e. The van der Waals surface area contributed by atoms with Crippen LogP contribution < -0.4 is 0 Å². The third kappa shape index (κ3) is 4.93. The first-order valence-corrected chi connectivity index (χ1v) is 5.47. The van der Waals surface area contributed by atoms with Gasteiger partial charge in [-0.05, 0) is 25.7 Å². The van der Waals surface area contributed by atoms with Crippen LogP contribution >= 0.6 is 0 Å². The fourth-order valence-corrected chi connectivity index (χ4v) is 1.68. The fourth-order valence-electron chi connectivity index (χ4n) is 1.68. The highest BCUT2D eigenvalue weighted by Crippen LogP contribution is 2.21. The minimum absolute atomic E-state index is 0.0261. The molecule has 0 aliphatic heterocycles. The molecule has 1 aliphatic carbocycles. The predicted octanol–water partition coefficient (Wildman–Crippen LogP) is 1.33. The summed E-state index contributed by atoms with van der Waals surface area (Å²) in [5.41, 5.74) is 0. The molecule has 0 radical (unpaired) electrons. The highest BCUT2D eigenvalue weighted by molar-refractivity contribution is 5.79. The molecule has 0 atom stereocenters. The Morgan fingerprint density at radius 3 is 2.67 bits per heavy atom. The van der Waals surface area contributed by atoms with E-state index in [-0.39, 0.29) is 12.6 Å². The highest BCUT2D eigenvalue weighted by Gasteiger charge is 2.18. The van der Waals surface area contributed by atoms with Gasteiger partial charge in [0.2, 0.25) is 0 Å². The Morgan fingerprint density at radius 2 is 2.07 bits per heavy atom. The van der Waals surface area contributed by atoms with E-state index in [2.05, 4.69) is 0 Å². The first-order valence-electron chi connectivity index (χ1n) is 5.47. The summed E-state index contributed by atoms with van der Waals surface area (Å²) in [7, 11) is 0. The number of carbonyl (C=O) groups excluding carboxylic acids is 2. The molecule has 0 spiro atoms. The van der Waals surface area contributed by atoms with Crippen molar-refractivity contribution in [2.75, 3.05) is 19.8 Å². The van der Waals surface area contributed by atoms with E-state index in [1.54, 1.807) is 6.92 Å². The molecule has 0 heterocycles. The van der Waals surface area contributed by atoms with Crippen molar-refractivity contribution in [3.8, 4) is 0 Å². The van der Waals surface area contributed by atoms with Gasteiger partial charge in [-0.2, -0.15) is 0 Å². The van der Waals surface area contributed by atoms with Crippen molar-refractivity contribution in [3.63, 3.8) is 0 Å². The Labute approximate surface area is 89.9 Å². The summed E-state index contributed by atoms with van der Waals surface area (Å²) in [6.45, 7) is 2.75. The minimum atomic E-state index is -0.315. The van der Waals surface area contributed by atoms with E-state index >= 15 is 0 Å². The summed E-state index contributed by atoms with van der Waals surface area (Å²) in [5.74, 6) is 0.457. The van der Waals surface area contributed by atoms with Gasteiger partial charge in [0, 0.05) is 12.8 Å². The molecule has 0 bridgehead atoms. The van der Waals surface area contributed by atoms with Crippen LogP contribution in [-0.4, -0.2) is 31.6 Å². The zero-order valence-electron chi connectivity index (χ0n) is 9.16. The van der Waals surface area contributed by atoms with Gasteiger partial charge in [0.1, 0.15) is 12.4 Å². The Kier molecular flexibility index (Phi) is 5.32. The van der Waals surface area contributed by atoms with Crippen LogP contribution in [0.3, 0.4) is 0 Å². The Hall–Kier alpha value is -0.900. The van der Waals surface area contributed by atoms with Gasteiger partial charge in [-0.1, -0.05) is 0 Å². The van der Waals surface area contributed by atoms with Crippen molar-refractivity contribution in [2.24, 2.45) is 5.92 Å². The molecule has 0 aromatic carbocycles. The van der Waals surface area contributed by atoms with E-state index in [9.17, 15) is 9.59 Å². The second-order valence-electron chi connectivity index (χ2n) is 3.80. The molecular formula is C11H18O4. The van der Waals surface area contributed by atoms with Crippen LogP contribution in [0.15, 0.2) is 0 Å². The van der Waals surface area contributed by atoms with Crippen LogP contribution in [0.4, 0.5) is 0 Å². The Bertz CT molecular complexity index is 215. The van der Waals surface area contributed by atoms with Crippen molar-refractivity contribution in [1.82, 2.24) is 0 Å². The number of hydrogen-bond acceptors (Lipinski definition) is 4. The molecule has 4 heteroatoms. The van der Waals surface area contributed by atoms with Crippen molar-refractivity contribution in [2.45, 2.75) is 32.6 Å². The lowest BCUT2D eigenvalue weighted by Gasteiger charge is -2.20. The Morgan fingerprint density at radius 1 is 1.40 bits per heavy atom. The van der Waals surface area contributed by atoms with Crippen LogP contribution in [0.2, 0.25) is 0 Å². The molecule has 1 saturated carbocycles. The summed E-state index contributed by atoms with van der Waals surface area (Å²) in [6, 6.07) is 0. The van der Waals surface area contributed by atoms with Crippen LogP contribution in [0.1, 0.15) is 32.6 Å². The topological polar surface area (TPSA) is 52.6 Å². The van der Waals surface area contributed by atoms with E-state index in [0.29, 0.717) is 37.8 Å². The number of Topliss-reactive ketones (excluding diaryl/α,β-unsaturated/α-hetero) is 1. The van der Waals surface area contributed by atoms with Crippen LogP contribution in [0.25, 0.3) is 0 Å². The first kappa shape index (κ1) is 12.2. The molecule has 0 unspecified atom stereocenters. The van der Waals surface area contributed by atoms with Gasteiger partial charge in [0.15, 0.2) is 0 Å². The molecular weight excluding hydrogens is 196 g/mol. The molecule has 0 saturated heterocycles. The lowest BCUT2D eigenvalue weighted by molar-refractivity contribution is -0.149. The zero-order chi connectivity index (χ0) is 11.1. The molecule has 86 valence electrons. The second-order valence-corrected chi connectivity index (χ2v) is 3.80. The fraction of sp³-hybridized carbons (Fsp3) is 0.818. The number of esters is 1. The summed E-state index contributed by atoms with van der Waals surface area (Å²) in [4.78, 5) is 21.9. The van der Waals surface area contributed by atoms with Crippen LogP contribution in [0.5, 0.6) is 0 Å². The maximum absolute atomic E-state index is 11.0. The lowest BCUT2D eigenvalue weighted by atomic mass is 9.89. The first-order chi connectivity index (χ1) is 7.22. The average molecular weight is 214 g/mol. The van der Waals surface area contributed by atoms with Crippen LogP contribution in [0, 0.1) is 5.92 Å². The van der Waals surface area contributed by atoms with Gasteiger partial charge in [-0.3, -0.25) is 4.79 Å². The van der Waals surface area contributed by atoms with Crippen LogP contribution in [-0.2, 0) is 19.1 Å². The number of hydrogen-bond donors (Lipinski definition) is 0. The van der Waals surface area contributed by atoms with E-state index in [0.717, 1.165) is 12.8 Å². The maximum Gasteiger partial charge on any atom is 0.332 e. The van der Waals surface area contributed by atoms with Gasteiger partial charge in [0.05, 0.1) is 13.2 Å². The summed E-state index contributed by atoms with van der Waals surface area (Å²) >= 11 is 0. The molecule has 4 nitrogen and oxygen atoms in total. The van der Waals surface area contributed by atoms with Crippen molar-refractivity contribution < 1.29 is 19.1 Å². The Balaban J connectivity index is 2.05. The van der Waals surface area contributed by atoms with Crippen molar-refractivity contribution in [1.29, 1.82) is 0 Å². The molecule has 0 aromatic heterocycles.